The Hall–Kier alpha value is -0.178. The van der Waals surface area contributed by atoms with E-state index in [1.807, 2.05) is 30.3 Å². The van der Waals surface area contributed by atoms with Crippen molar-refractivity contribution in [3.8, 4) is 5.75 Å². The van der Waals surface area contributed by atoms with E-state index in [9.17, 15) is 0 Å². The molecule has 0 atom stereocenters. The fraction of sp³-hybridized carbons (Fsp3) is 0.111. The van der Waals surface area contributed by atoms with Gasteiger partial charge in [-0.25, -0.2) is 0 Å². The third-order valence-corrected chi connectivity index (χ3v) is 1.55. The molecule has 0 saturated heterocycles. The van der Waals surface area contributed by atoms with Crippen LogP contribution in [0, 0.1) is 0 Å². The van der Waals surface area contributed by atoms with Gasteiger partial charge in [0, 0.05) is 40.2 Å². The van der Waals surface area contributed by atoms with Gasteiger partial charge >= 0.3 is 0 Å². The molecule has 12 heavy (non-hydrogen) atoms. The number of hydrogen-bond donors (Lipinski definition) is 0. The van der Waals surface area contributed by atoms with Gasteiger partial charge in [-0.1, -0.05) is 24.3 Å². The van der Waals surface area contributed by atoms with Gasteiger partial charge in [0.05, 0.1) is 0 Å². The molecule has 1 aromatic carbocycles. The van der Waals surface area contributed by atoms with Gasteiger partial charge in [-0.15, -0.1) is 0 Å². The molecule has 2 rings (SSSR count). The minimum atomic E-state index is 0. The number of para-hydroxylation sites is 1. The second-order valence-corrected chi connectivity index (χ2v) is 2.25. The average Bonchev–Trinajstić information content (AvgIpc) is 2.05. The van der Waals surface area contributed by atoms with Gasteiger partial charge in [0.2, 0.25) is 0 Å². The van der Waals surface area contributed by atoms with Crippen LogP contribution in [-0.4, -0.2) is 24.2 Å². The van der Waals surface area contributed by atoms with E-state index in [4.69, 9.17) is 4.74 Å². The SMILES string of the molecule is C1=Cc2ccccc2OC1.[Cu].[Ge]. The summed E-state index contributed by atoms with van der Waals surface area (Å²) < 4.78 is 5.34. The molecule has 0 saturated carbocycles. The van der Waals surface area contributed by atoms with Crippen LogP contribution in [0.1, 0.15) is 5.56 Å². The van der Waals surface area contributed by atoms with Crippen molar-refractivity contribution in [2.45, 2.75) is 0 Å². The van der Waals surface area contributed by atoms with E-state index >= 15 is 0 Å². The number of rotatable bonds is 0. The summed E-state index contributed by atoms with van der Waals surface area (Å²) in [6, 6.07) is 8.03. The minimum absolute atomic E-state index is 0. The van der Waals surface area contributed by atoms with Crippen molar-refractivity contribution in [2.24, 2.45) is 0 Å². The van der Waals surface area contributed by atoms with E-state index in [0.717, 1.165) is 5.75 Å². The topological polar surface area (TPSA) is 9.23 Å². The second-order valence-electron chi connectivity index (χ2n) is 2.25. The first-order valence-corrected chi connectivity index (χ1v) is 3.35. The molecule has 5 radical (unpaired) electrons. The Bertz CT molecular complexity index is 273. The van der Waals surface area contributed by atoms with E-state index < -0.39 is 0 Å². The fourth-order valence-electron chi connectivity index (χ4n) is 1.06. The summed E-state index contributed by atoms with van der Waals surface area (Å²) in [4.78, 5) is 0. The number of benzene rings is 1. The fourth-order valence-corrected chi connectivity index (χ4v) is 1.06. The van der Waals surface area contributed by atoms with Crippen LogP contribution in [0.5, 0.6) is 5.75 Å². The van der Waals surface area contributed by atoms with Gasteiger partial charge in [-0.05, 0) is 12.1 Å². The maximum Gasteiger partial charge on any atom is 0.126 e. The third kappa shape index (κ3) is 2.41. The van der Waals surface area contributed by atoms with Crippen LogP contribution in [0.25, 0.3) is 6.08 Å². The molecule has 0 aliphatic carbocycles. The van der Waals surface area contributed by atoms with Crippen LogP contribution in [0.3, 0.4) is 0 Å². The molecule has 1 nitrogen and oxygen atoms in total. The molecule has 1 aromatic rings. The Morgan fingerprint density at radius 2 is 1.92 bits per heavy atom. The van der Waals surface area contributed by atoms with E-state index in [0.29, 0.717) is 6.61 Å². The van der Waals surface area contributed by atoms with Crippen LogP contribution >= 0.6 is 0 Å². The van der Waals surface area contributed by atoms with Gasteiger partial charge in [0.25, 0.3) is 0 Å². The Morgan fingerprint density at radius 3 is 2.67 bits per heavy atom. The molecule has 0 spiro atoms. The van der Waals surface area contributed by atoms with Crippen LogP contribution in [0.15, 0.2) is 30.3 Å². The van der Waals surface area contributed by atoms with Crippen LogP contribution < -0.4 is 4.74 Å². The second kappa shape index (κ2) is 5.46. The first kappa shape index (κ1) is 11.8. The molecular weight excluding hydrogens is 260 g/mol. The zero-order valence-corrected chi connectivity index (χ0v) is 9.42. The third-order valence-electron chi connectivity index (χ3n) is 1.55. The monoisotopic (exact) mass is 269 g/mol. The standard InChI is InChI=1S/C9H8O.Cu.Ge/c1-2-6-9-8(4-1)5-3-7-10-9;;/h1-6H,7H2;;. The van der Waals surface area contributed by atoms with Gasteiger partial charge in [-0.3, -0.25) is 0 Å². The smallest absolute Gasteiger partial charge is 0.126 e. The van der Waals surface area contributed by atoms with Crippen molar-refractivity contribution in [3.05, 3.63) is 35.9 Å². The van der Waals surface area contributed by atoms with Crippen molar-refractivity contribution >= 4 is 23.7 Å². The molecule has 0 aromatic heterocycles. The summed E-state index contributed by atoms with van der Waals surface area (Å²) in [6.45, 7) is 0.705. The Kier molecular flexibility index (Phi) is 5.38. The predicted octanol–water partition coefficient (Wildman–Crippen LogP) is 1.71. The molecule has 3 heteroatoms. The van der Waals surface area contributed by atoms with E-state index in [-0.39, 0.29) is 34.7 Å². The zero-order chi connectivity index (χ0) is 6.81. The molecule has 0 bridgehead atoms. The van der Waals surface area contributed by atoms with E-state index in [2.05, 4.69) is 6.08 Å². The molecule has 0 unspecified atom stereocenters. The summed E-state index contributed by atoms with van der Waals surface area (Å²) in [5, 5.41) is 0. The summed E-state index contributed by atoms with van der Waals surface area (Å²) in [7, 11) is 0. The maximum absolute atomic E-state index is 5.34. The van der Waals surface area contributed by atoms with Gasteiger partial charge < -0.3 is 4.74 Å². The van der Waals surface area contributed by atoms with E-state index in [1.54, 1.807) is 0 Å². The van der Waals surface area contributed by atoms with Crippen LogP contribution in [0.4, 0.5) is 0 Å². The van der Waals surface area contributed by atoms with E-state index in [1.165, 1.54) is 5.56 Å². The number of hydrogen-bond acceptors (Lipinski definition) is 1. The Balaban J connectivity index is 0.000000605. The van der Waals surface area contributed by atoms with Crippen molar-refractivity contribution < 1.29 is 21.8 Å². The molecule has 1 heterocycles. The quantitative estimate of drug-likeness (QED) is 0.651. The molecule has 65 valence electrons. The average molecular weight is 268 g/mol. The number of fused-ring (bicyclic) bond motifs is 1. The molecule has 0 fully saturated rings. The minimum Gasteiger partial charge on any atom is -0.489 e. The summed E-state index contributed by atoms with van der Waals surface area (Å²) in [6.07, 6.45) is 4.10. The largest absolute Gasteiger partial charge is 0.489 e. The van der Waals surface area contributed by atoms with Crippen molar-refractivity contribution in [2.75, 3.05) is 6.61 Å². The normalized spacial score (nSPS) is 11.7. The summed E-state index contributed by atoms with van der Waals surface area (Å²) in [5.74, 6) is 0.991. The van der Waals surface area contributed by atoms with Crippen LogP contribution in [0.2, 0.25) is 0 Å². The first-order chi connectivity index (χ1) is 4.97. The van der Waals surface area contributed by atoms with Crippen molar-refractivity contribution in [1.29, 1.82) is 0 Å². The van der Waals surface area contributed by atoms with Gasteiger partial charge in [0.15, 0.2) is 0 Å². The molecule has 0 N–H and O–H groups in total. The zero-order valence-electron chi connectivity index (χ0n) is 6.38. The van der Waals surface area contributed by atoms with Crippen molar-refractivity contribution in [3.63, 3.8) is 0 Å². The Morgan fingerprint density at radius 1 is 1.17 bits per heavy atom. The van der Waals surface area contributed by atoms with Crippen LogP contribution in [-0.2, 0) is 17.1 Å². The molecular formula is C9H8CuGeO. The first-order valence-electron chi connectivity index (χ1n) is 3.35. The summed E-state index contributed by atoms with van der Waals surface area (Å²) >= 11 is 0. The van der Waals surface area contributed by atoms with Crippen molar-refractivity contribution in [1.82, 2.24) is 0 Å². The molecule has 0 amide bonds. The van der Waals surface area contributed by atoms with Gasteiger partial charge in [-0.2, -0.15) is 0 Å². The molecule has 1 aliphatic rings. The molecule has 1 aliphatic heterocycles. The maximum atomic E-state index is 5.34. The van der Waals surface area contributed by atoms with Gasteiger partial charge in [0.1, 0.15) is 12.4 Å². The number of ether oxygens (including phenoxy) is 1. The predicted molar refractivity (Wildman–Crippen MR) is 46.7 cm³/mol. The Labute approximate surface area is 93.6 Å². The summed E-state index contributed by atoms with van der Waals surface area (Å²) in [5.41, 5.74) is 1.17.